The highest BCUT2D eigenvalue weighted by Crippen LogP contribution is 2.35. The molecule has 2 aromatic heterocycles. The Kier molecular flexibility index (Phi) is 3.16. The van der Waals surface area contributed by atoms with Crippen molar-refractivity contribution < 1.29 is 13.2 Å². The Labute approximate surface area is 105 Å². The second kappa shape index (κ2) is 4.36. The zero-order valence-electron chi connectivity index (χ0n) is 9.69. The summed E-state index contributed by atoms with van der Waals surface area (Å²) in [6, 6.07) is 1.10. The third kappa shape index (κ3) is 2.39. The Bertz CT molecular complexity index is 558. The number of nitrogens with zero attached hydrogens (tertiary/aromatic N) is 3. The van der Waals surface area contributed by atoms with E-state index < -0.39 is 17.2 Å². The number of aryl methyl sites for hydroxylation is 2. The first-order chi connectivity index (χ1) is 8.29. The minimum absolute atomic E-state index is 0.366. The van der Waals surface area contributed by atoms with Crippen LogP contribution in [-0.4, -0.2) is 14.8 Å². The number of thiazole rings is 1. The molecule has 1 atom stereocenters. The molecule has 18 heavy (non-hydrogen) atoms. The van der Waals surface area contributed by atoms with Crippen molar-refractivity contribution in [2.75, 3.05) is 0 Å². The van der Waals surface area contributed by atoms with E-state index in [-0.39, 0.29) is 0 Å². The van der Waals surface area contributed by atoms with E-state index in [2.05, 4.69) is 10.1 Å². The molecule has 8 heteroatoms. The fraction of sp³-hybridized carbons (Fsp3) is 0.400. The van der Waals surface area contributed by atoms with Crippen LogP contribution < -0.4 is 5.73 Å². The molecular weight excluding hydrogens is 265 g/mol. The van der Waals surface area contributed by atoms with Crippen molar-refractivity contribution in [2.24, 2.45) is 12.8 Å². The fourth-order valence-corrected chi connectivity index (χ4v) is 2.43. The molecule has 0 bridgehead atoms. The van der Waals surface area contributed by atoms with Gasteiger partial charge in [-0.05, 0) is 13.0 Å². The van der Waals surface area contributed by atoms with Crippen LogP contribution in [0.5, 0.6) is 0 Å². The highest BCUT2D eigenvalue weighted by atomic mass is 32.1. The molecule has 0 aliphatic carbocycles. The lowest BCUT2D eigenvalue weighted by Gasteiger charge is -2.08. The Balaban J connectivity index is 2.32. The SMILES string of the molecule is Cc1cc(C(N)c2cnc(C(F)(F)F)s2)n(C)n1. The zero-order chi connectivity index (χ0) is 13.5. The third-order valence-electron chi connectivity index (χ3n) is 2.43. The lowest BCUT2D eigenvalue weighted by atomic mass is 10.2. The lowest BCUT2D eigenvalue weighted by Crippen LogP contribution is -2.14. The van der Waals surface area contributed by atoms with E-state index in [1.165, 1.54) is 6.20 Å². The Morgan fingerprint density at radius 1 is 1.44 bits per heavy atom. The normalized spacial score (nSPS) is 13.9. The maximum Gasteiger partial charge on any atom is 0.443 e. The van der Waals surface area contributed by atoms with E-state index in [9.17, 15) is 13.2 Å². The van der Waals surface area contributed by atoms with Crippen molar-refractivity contribution in [3.8, 4) is 0 Å². The summed E-state index contributed by atoms with van der Waals surface area (Å²) in [5.74, 6) is 0. The van der Waals surface area contributed by atoms with E-state index in [4.69, 9.17) is 5.73 Å². The summed E-state index contributed by atoms with van der Waals surface area (Å²) >= 11 is 0.558. The minimum atomic E-state index is -4.43. The van der Waals surface area contributed by atoms with Crippen LogP contribution in [0, 0.1) is 6.92 Å². The molecule has 2 heterocycles. The Morgan fingerprint density at radius 2 is 2.11 bits per heavy atom. The first-order valence-corrected chi connectivity index (χ1v) is 5.89. The number of halogens is 3. The van der Waals surface area contributed by atoms with Crippen LogP contribution in [0.4, 0.5) is 13.2 Å². The molecule has 2 aromatic rings. The predicted molar refractivity (Wildman–Crippen MR) is 61.1 cm³/mol. The number of nitrogens with two attached hydrogens (primary N) is 1. The van der Waals surface area contributed by atoms with Crippen molar-refractivity contribution in [1.82, 2.24) is 14.8 Å². The molecule has 0 radical (unpaired) electrons. The predicted octanol–water partition coefficient (Wildman–Crippen LogP) is 2.25. The summed E-state index contributed by atoms with van der Waals surface area (Å²) in [5.41, 5.74) is 7.35. The van der Waals surface area contributed by atoms with E-state index in [0.717, 1.165) is 5.69 Å². The van der Waals surface area contributed by atoms with Gasteiger partial charge in [0.15, 0.2) is 5.01 Å². The summed E-state index contributed by atoms with van der Waals surface area (Å²) in [6.07, 6.45) is -3.26. The number of rotatable bonds is 2. The van der Waals surface area contributed by atoms with Crippen molar-refractivity contribution in [3.05, 3.63) is 33.5 Å². The minimum Gasteiger partial charge on any atom is -0.318 e. The van der Waals surface area contributed by atoms with E-state index >= 15 is 0 Å². The van der Waals surface area contributed by atoms with Gasteiger partial charge in [0.1, 0.15) is 0 Å². The summed E-state index contributed by atoms with van der Waals surface area (Å²) < 4.78 is 38.9. The van der Waals surface area contributed by atoms with Crippen molar-refractivity contribution >= 4 is 11.3 Å². The number of hydrogen-bond donors (Lipinski definition) is 1. The van der Waals surface area contributed by atoms with Gasteiger partial charge in [-0.3, -0.25) is 4.68 Å². The third-order valence-corrected chi connectivity index (χ3v) is 3.55. The molecule has 1 unspecified atom stereocenters. The van der Waals surface area contributed by atoms with Gasteiger partial charge in [0, 0.05) is 18.1 Å². The molecule has 2 rings (SSSR count). The van der Waals surface area contributed by atoms with Gasteiger partial charge in [-0.15, -0.1) is 11.3 Å². The van der Waals surface area contributed by atoms with Gasteiger partial charge in [0.2, 0.25) is 0 Å². The standard InChI is InChI=1S/C10H11F3N4S/c1-5-3-6(17(2)16-5)8(14)7-4-15-9(18-7)10(11,12)13/h3-4,8H,14H2,1-2H3. The summed E-state index contributed by atoms with van der Waals surface area (Å²) in [7, 11) is 1.70. The fourth-order valence-electron chi connectivity index (χ4n) is 1.63. The van der Waals surface area contributed by atoms with Gasteiger partial charge < -0.3 is 5.73 Å². The average molecular weight is 276 g/mol. The molecule has 0 aliphatic rings. The number of alkyl halides is 3. The smallest absolute Gasteiger partial charge is 0.318 e. The molecule has 0 saturated carbocycles. The first-order valence-electron chi connectivity index (χ1n) is 5.08. The number of hydrogen-bond acceptors (Lipinski definition) is 4. The monoisotopic (exact) mass is 276 g/mol. The van der Waals surface area contributed by atoms with Crippen LogP contribution in [0.15, 0.2) is 12.3 Å². The number of aromatic nitrogens is 3. The molecule has 2 N–H and O–H groups in total. The van der Waals surface area contributed by atoms with Crippen LogP contribution in [0.25, 0.3) is 0 Å². The molecule has 0 amide bonds. The van der Waals surface area contributed by atoms with Crippen LogP contribution in [0.1, 0.15) is 27.3 Å². The zero-order valence-corrected chi connectivity index (χ0v) is 10.5. The van der Waals surface area contributed by atoms with Gasteiger partial charge in [0.25, 0.3) is 0 Å². The highest BCUT2D eigenvalue weighted by molar-refractivity contribution is 7.11. The van der Waals surface area contributed by atoms with Crippen molar-refractivity contribution in [2.45, 2.75) is 19.1 Å². The van der Waals surface area contributed by atoms with Gasteiger partial charge in [-0.1, -0.05) is 0 Å². The molecule has 0 aromatic carbocycles. The topological polar surface area (TPSA) is 56.7 Å². The van der Waals surface area contributed by atoms with Gasteiger partial charge in [-0.2, -0.15) is 18.3 Å². The first kappa shape index (κ1) is 13.0. The summed E-state index contributed by atoms with van der Waals surface area (Å²) in [5, 5.41) is 3.23. The molecule has 98 valence electrons. The van der Waals surface area contributed by atoms with E-state index in [0.29, 0.717) is 21.9 Å². The van der Waals surface area contributed by atoms with Gasteiger partial charge >= 0.3 is 6.18 Å². The van der Waals surface area contributed by atoms with Gasteiger partial charge in [0.05, 0.1) is 17.4 Å². The molecule has 0 spiro atoms. The molecular formula is C10H11F3N4S. The summed E-state index contributed by atoms with van der Waals surface area (Å²) in [4.78, 5) is 3.72. The van der Waals surface area contributed by atoms with Crippen molar-refractivity contribution in [3.63, 3.8) is 0 Å². The van der Waals surface area contributed by atoms with E-state index in [1.807, 2.05) is 0 Å². The molecule has 0 aliphatic heterocycles. The van der Waals surface area contributed by atoms with Crippen LogP contribution in [0.3, 0.4) is 0 Å². The van der Waals surface area contributed by atoms with Crippen LogP contribution >= 0.6 is 11.3 Å². The van der Waals surface area contributed by atoms with Gasteiger partial charge in [-0.25, -0.2) is 4.98 Å². The summed E-state index contributed by atoms with van der Waals surface area (Å²) in [6.45, 7) is 1.80. The quantitative estimate of drug-likeness (QED) is 0.915. The van der Waals surface area contributed by atoms with Crippen LogP contribution in [-0.2, 0) is 13.2 Å². The maximum atomic E-state index is 12.4. The maximum absolute atomic E-state index is 12.4. The second-order valence-corrected chi connectivity index (χ2v) is 4.94. The lowest BCUT2D eigenvalue weighted by molar-refractivity contribution is -0.137. The Hall–Kier alpha value is -1.41. The van der Waals surface area contributed by atoms with E-state index in [1.54, 1.807) is 24.7 Å². The largest absolute Gasteiger partial charge is 0.443 e. The molecule has 4 nitrogen and oxygen atoms in total. The van der Waals surface area contributed by atoms with Crippen LogP contribution in [0.2, 0.25) is 0 Å². The molecule has 0 fully saturated rings. The van der Waals surface area contributed by atoms with Crippen molar-refractivity contribution in [1.29, 1.82) is 0 Å². The highest BCUT2D eigenvalue weighted by Gasteiger charge is 2.35. The Morgan fingerprint density at radius 3 is 2.56 bits per heavy atom. The molecule has 0 saturated heterocycles. The average Bonchev–Trinajstić information content (AvgIpc) is 2.83. The second-order valence-electron chi connectivity index (χ2n) is 3.88.